The van der Waals surface area contributed by atoms with Gasteiger partial charge in [-0.05, 0) is 17.5 Å². The van der Waals surface area contributed by atoms with E-state index in [0.717, 1.165) is 10.8 Å². The molecule has 2 heterocycles. The molecule has 4 rings (SSSR count). The second kappa shape index (κ2) is 4.54. The molecule has 2 aromatic carbocycles. The van der Waals surface area contributed by atoms with Crippen LogP contribution >= 0.6 is 0 Å². The Bertz CT molecular complexity index is 973. The molecule has 0 radical (unpaired) electrons. The van der Waals surface area contributed by atoms with Crippen LogP contribution in [-0.2, 0) is 23.0 Å². The van der Waals surface area contributed by atoms with Crippen LogP contribution < -0.4 is 4.31 Å². The lowest BCUT2D eigenvalue weighted by molar-refractivity contribution is 0.375. The van der Waals surface area contributed by atoms with Crippen LogP contribution in [0.4, 0.5) is 5.69 Å². The highest BCUT2D eigenvalue weighted by Gasteiger charge is 2.36. The van der Waals surface area contributed by atoms with E-state index < -0.39 is 10.0 Å². The summed E-state index contributed by atoms with van der Waals surface area (Å²) in [5.41, 5.74) is 0.657. The number of aryl methyl sites for hydroxylation is 1. The highest BCUT2D eigenvalue weighted by Crippen LogP contribution is 2.42. The average Bonchev–Trinajstić information content (AvgIpc) is 3.06. The fourth-order valence-electron chi connectivity index (χ4n) is 2.75. The SMILES string of the molecule is CCc1noc(CN2c3cccc4cccc(c34)S2(=O)=O)n1. The first kappa shape index (κ1) is 13.3. The summed E-state index contributed by atoms with van der Waals surface area (Å²) < 4.78 is 32.0. The van der Waals surface area contributed by atoms with Gasteiger partial charge in [-0.25, -0.2) is 8.42 Å². The quantitative estimate of drug-likeness (QED) is 0.742. The third-order valence-corrected chi connectivity index (χ3v) is 5.59. The topological polar surface area (TPSA) is 76.3 Å². The van der Waals surface area contributed by atoms with Crippen molar-refractivity contribution in [3.8, 4) is 0 Å². The van der Waals surface area contributed by atoms with Gasteiger partial charge < -0.3 is 4.52 Å². The van der Waals surface area contributed by atoms with Gasteiger partial charge in [0, 0.05) is 11.8 Å². The molecule has 3 aromatic rings. The summed E-state index contributed by atoms with van der Waals surface area (Å²) in [6, 6.07) is 10.8. The minimum absolute atomic E-state index is 0.0448. The van der Waals surface area contributed by atoms with Crippen LogP contribution in [0, 0.1) is 0 Å². The maximum atomic E-state index is 12.8. The maximum Gasteiger partial charge on any atom is 0.265 e. The number of rotatable bonds is 3. The van der Waals surface area contributed by atoms with E-state index in [0.29, 0.717) is 28.7 Å². The van der Waals surface area contributed by atoms with Gasteiger partial charge in [-0.1, -0.05) is 36.3 Å². The molecule has 0 fully saturated rings. The van der Waals surface area contributed by atoms with Gasteiger partial charge in [0.15, 0.2) is 5.82 Å². The molecule has 0 saturated heterocycles. The number of aromatic nitrogens is 2. The van der Waals surface area contributed by atoms with E-state index in [-0.39, 0.29) is 6.54 Å². The zero-order chi connectivity index (χ0) is 15.3. The number of nitrogens with zero attached hydrogens (tertiary/aromatic N) is 3. The summed E-state index contributed by atoms with van der Waals surface area (Å²) in [5, 5.41) is 5.47. The Balaban J connectivity index is 1.86. The first-order valence-corrected chi connectivity index (χ1v) is 8.41. The van der Waals surface area contributed by atoms with E-state index in [1.165, 1.54) is 4.31 Å². The van der Waals surface area contributed by atoms with Gasteiger partial charge in [0.25, 0.3) is 10.0 Å². The van der Waals surface area contributed by atoms with Crippen LogP contribution in [-0.4, -0.2) is 18.6 Å². The number of anilines is 1. The molecule has 0 saturated carbocycles. The standard InChI is InChI=1S/C15H13N3O3S/c1-2-13-16-14(21-17-13)9-18-11-7-3-5-10-6-4-8-12(15(10)11)22(18,19)20/h3-8H,2,9H2,1H3. The Kier molecular flexibility index (Phi) is 2.74. The molecule has 6 nitrogen and oxygen atoms in total. The van der Waals surface area contributed by atoms with Crippen molar-refractivity contribution in [2.75, 3.05) is 4.31 Å². The van der Waals surface area contributed by atoms with Crippen LogP contribution in [0.15, 0.2) is 45.8 Å². The molecule has 1 aromatic heterocycles. The normalized spacial score (nSPS) is 15.6. The summed E-state index contributed by atoms with van der Waals surface area (Å²) >= 11 is 0. The molecule has 22 heavy (non-hydrogen) atoms. The molecular formula is C15H13N3O3S. The van der Waals surface area contributed by atoms with Gasteiger partial charge in [0.1, 0.15) is 6.54 Å². The Morgan fingerprint density at radius 2 is 1.95 bits per heavy atom. The van der Waals surface area contributed by atoms with E-state index in [1.807, 2.05) is 25.1 Å². The van der Waals surface area contributed by atoms with Crippen molar-refractivity contribution in [1.29, 1.82) is 0 Å². The van der Waals surface area contributed by atoms with E-state index in [1.54, 1.807) is 18.2 Å². The van der Waals surface area contributed by atoms with Crippen molar-refractivity contribution in [2.45, 2.75) is 24.8 Å². The molecule has 7 heteroatoms. The van der Waals surface area contributed by atoms with Gasteiger partial charge in [0.2, 0.25) is 5.89 Å². The minimum atomic E-state index is -3.59. The first-order valence-electron chi connectivity index (χ1n) is 6.97. The summed E-state index contributed by atoms with van der Waals surface area (Å²) in [5.74, 6) is 0.868. The number of hydrogen-bond acceptors (Lipinski definition) is 5. The second-order valence-corrected chi connectivity index (χ2v) is 6.93. The van der Waals surface area contributed by atoms with Gasteiger partial charge in [-0.15, -0.1) is 0 Å². The highest BCUT2D eigenvalue weighted by atomic mass is 32.2. The van der Waals surface area contributed by atoms with Crippen molar-refractivity contribution in [3.05, 3.63) is 48.1 Å². The van der Waals surface area contributed by atoms with Crippen molar-refractivity contribution >= 4 is 26.5 Å². The molecule has 0 spiro atoms. The zero-order valence-corrected chi connectivity index (χ0v) is 12.7. The molecule has 0 N–H and O–H groups in total. The predicted octanol–water partition coefficient (Wildman–Crippen LogP) is 2.49. The van der Waals surface area contributed by atoms with Gasteiger partial charge >= 0.3 is 0 Å². The largest absolute Gasteiger partial charge is 0.337 e. The van der Waals surface area contributed by atoms with E-state index in [9.17, 15) is 8.42 Å². The van der Waals surface area contributed by atoms with E-state index in [2.05, 4.69) is 10.1 Å². The van der Waals surface area contributed by atoms with Crippen LogP contribution in [0.3, 0.4) is 0 Å². The smallest absolute Gasteiger partial charge is 0.265 e. The van der Waals surface area contributed by atoms with Crippen LogP contribution in [0.2, 0.25) is 0 Å². The molecule has 0 amide bonds. The van der Waals surface area contributed by atoms with Crippen LogP contribution in [0.5, 0.6) is 0 Å². The van der Waals surface area contributed by atoms with Crippen molar-refractivity contribution in [3.63, 3.8) is 0 Å². The summed E-state index contributed by atoms with van der Waals surface area (Å²) in [7, 11) is -3.59. The van der Waals surface area contributed by atoms with Gasteiger partial charge in [-0.2, -0.15) is 4.98 Å². The molecule has 0 unspecified atom stereocenters. The molecule has 0 aliphatic carbocycles. The van der Waals surface area contributed by atoms with E-state index >= 15 is 0 Å². The minimum Gasteiger partial charge on any atom is -0.337 e. The monoisotopic (exact) mass is 315 g/mol. The van der Waals surface area contributed by atoms with Crippen LogP contribution in [0.1, 0.15) is 18.6 Å². The van der Waals surface area contributed by atoms with Gasteiger partial charge in [0.05, 0.1) is 10.6 Å². The summed E-state index contributed by atoms with van der Waals surface area (Å²) in [6.07, 6.45) is 0.645. The van der Waals surface area contributed by atoms with Crippen molar-refractivity contribution < 1.29 is 12.9 Å². The molecule has 0 bridgehead atoms. The Labute approximate surface area is 127 Å². The molecule has 112 valence electrons. The second-order valence-electron chi connectivity index (χ2n) is 5.10. The number of hydrogen-bond donors (Lipinski definition) is 0. The fraction of sp³-hybridized carbons (Fsp3) is 0.200. The third kappa shape index (κ3) is 1.75. The maximum absolute atomic E-state index is 12.8. The zero-order valence-electron chi connectivity index (χ0n) is 11.9. The molecule has 0 atom stereocenters. The molecule has 1 aliphatic rings. The lowest BCUT2D eigenvalue weighted by Gasteiger charge is -2.16. The van der Waals surface area contributed by atoms with Crippen LogP contribution in [0.25, 0.3) is 10.8 Å². The Morgan fingerprint density at radius 1 is 1.18 bits per heavy atom. The lowest BCUT2D eigenvalue weighted by Crippen LogP contribution is -2.26. The lowest BCUT2D eigenvalue weighted by atomic mass is 10.1. The van der Waals surface area contributed by atoms with Gasteiger partial charge in [-0.3, -0.25) is 4.31 Å². The highest BCUT2D eigenvalue weighted by molar-refractivity contribution is 7.93. The number of sulfonamides is 1. The summed E-state index contributed by atoms with van der Waals surface area (Å²) in [4.78, 5) is 4.53. The van der Waals surface area contributed by atoms with Crippen molar-refractivity contribution in [1.82, 2.24) is 10.1 Å². The third-order valence-electron chi connectivity index (χ3n) is 3.79. The Morgan fingerprint density at radius 3 is 2.68 bits per heavy atom. The Hall–Kier alpha value is -2.41. The predicted molar refractivity (Wildman–Crippen MR) is 81.0 cm³/mol. The first-order chi connectivity index (χ1) is 10.6. The molecular weight excluding hydrogens is 302 g/mol. The number of benzene rings is 2. The average molecular weight is 315 g/mol. The molecule has 1 aliphatic heterocycles. The summed E-state index contributed by atoms with van der Waals surface area (Å²) in [6.45, 7) is 1.96. The van der Waals surface area contributed by atoms with E-state index in [4.69, 9.17) is 4.52 Å². The fourth-order valence-corrected chi connectivity index (χ4v) is 4.41. The van der Waals surface area contributed by atoms with Crippen molar-refractivity contribution in [2.24, 2.45) is 0 Å².